The Kier molecular flexibility index (Phi) is 6.55. The SMILES string of the molecule is COc1cc(/C=C2\N=C(c3ccc([N+](=O)[O-])cc3)OC2=O)cc(Cl)c1OCc1ccccc1F. The van der Waals surface area contributed by atoms with E-state index in [9.17, 15) is 19.3 Å². The number of ether oxygens (including phenoxy) is 3. The first kappa shape index (κ1) is 22.9. The molecule has 1 aliphatic rings. The molecule has 0 N–H and O–H groups in total. The molecule has 4 rings (SSSR count). The summed E-state index contributed by atoms with van der Waals surface area (Å²) in [7, 11) is 1.42. The van der Waals surface area contributed by atoms with Gasteiger partial charge in [0, 0.05) is 23.3 Å². The number of halogens is 2. The van der Waals surface area contributed by atoms with E-state index < -0.39 is 16.7 Å². The topological polar surface area (TPSA) is 100 Å². The monoisotopic (exact) mass is 482 g/mol. The van der Waals surface area contributed by atoms with E-state index in [0.717, 1.165) is 0 Å². The van der Waals surface area contributed by atoms with E-state index in [1.54, 1.807) is 30.3 Å². The average molecular weight is 483 g/mol. The van der Waals surface area contributed by atoms with Crippen LogP contribution in [-0.4, -0.2) is 23.9 Å². The van der Waals surface area contributed by atoms with Crippen molar-refractivity contribution in [1.29, 1.82) is 0 Å². The van der Waals surface area contributed by atoms with Gasteiger partial charge in [-0.3, -0.25) is 10.1 Å². The highest BCUT2D eigenvalue weighted by Crippen LogP contribution is 2.38. The number of non-ortho nitro benzene ring substituents is 1. The van der Waals surface area contributed by atoms with Gasteiger partial charge in [0.2, 0.25) is 5.90 Å². The van der Waals surface area contributed by atoms with E-state index in [0.29, 0.717) is 16.7 Å². The summed E-state index contributed by atoms with van der Waals surface area (Å²) < 4.78 is 30.1. The molecule has 0 unspecified atom stereocenters. The predicted molar refractivity (Wildman–Crippen MR) is 122 cm³/mol. The van der Waals surface area contributed by atoms with E-state index >= 15 is 0 Å². The summed E-state index contributed by atoms with van der Waals surface area (Å²) in [5, 5.41) is 11.0. The zero-order valence-corrected chi connectivity index (χ0v) is 18.4. The van der Waals surface area contributed by atoms with Gasteiger partial charge >= 0.3 is 5.97 Å². The van der Waals surface area contributed by atoms with Crippen molar-refractivity contribution in [2.45, 2.75) is 6.61 Å². The Labute approximate surface area is 198 Å². The van der Waals surface area contributed by atoms with Gasteiger partial charge in [-0.15, -0.1) is 0 Å². The summed E-state index contributed by atoms with van der Waals surface area (Å²) in [6.45, 7) is -0.0571. The maximum atomic E-state index is 13.9. The van der Waals surface area contributed by atoms with Crippen LogP contribution in [0.3, 0.4) is 0 Å². The molecule has 0 atom stereocenters. The second-order valence-corrected chi connectivity index (χ2v) is 7.46. The van der Waals surface area contributed by atoms with Crippen LogP contribution in [0.25, 0.3) is 6.08 Å². The lowest BCUT2D eigenvalue weighted by Crippen LogP contribution is -2.05. The third kappa shape index (κ3) is 4.89. The molecule has 1 aliphatic heterocycles. The van der Waals surface area contributed by atoms with Gasteiger partial charge in [0.05, 0.1) is 17.1 Å². The number of nitro groups is 1. The van der Waals surface area contributed by atoms with Gasteiger partial charge in [0.25, 0.3) is 5.69 Å². The molecule has 0 radical (unpaired) electrons. The summed E-state index contributed by atoms with van der Waals surface area (Å²) in [6, 6.07) is 14.8. The van der Waals surface area contributed by atoms with Gasteiger partial charge in [0.1, 0.15) is 12.4 Å². The van der Waals surface area contributed by atoms with E-state index in [2.05, 4.69) is 4.99 Å². The molecule has 0 saturated heterocycles. The van der Waals surface area contributed by atoms with Gasteiger partial charge < -0.3 is 14.2 Å². The minimum atomic E-state index is -0.691. The first-order chi connectivity index (χ1) is 16.4. The Hall–Kier alpha value is -4.24. The molecule has 0 aliphatic carbocycles. The van der Waals surface area contributed by atoms with Crippen LogP contribution < -0.4 is 9.47 Å². The molecule has 8 nitrogen and oxygen atoms in total. The number of hydrogen-bond donors (Lipinski definition) is 0. The molecule has 10 heteroatoms. The van der Waals surface area contributed by atoms with Gasteiger partial charge in [-0.25, -0.2) is 14.2 Å². The zero-order valence-electron chi connectivity index (χ0n) is 17.7. The number of cyclic esters (lactones) is 1. The third-order valence-corrected chi connectivity index (χ3v) is 5.11. The Morgan fingerprint density at radius 3 is 2.59 bits per heavy atom. The first-order valence-electron chi connectivity index (χ1n) is 9.87. The van der Waals surface area contributed by atoms with Crippen molar-refractivity contribution in [3.63, 3.8) is 0 Å². The van der Waals surface area contributed by atoms with Gasteiger partial charge in [-0.05, 0) is 42.0 Å². The molecule has 34 heavy (non-hydrogen) atoms. The summed E-state index contributed by atoms with van der Waals surface area (Å²) in [5.41, 5.74) is 1.17. The molecule has 1 heterocycles. The lowest BCUT2D eigenvalue weighted by molar-refractivity contribution is -0.384. The third-order valence-electron chi connectivity index (χ3n) is 4.83. The fourth-order valence-corrected chi connectivity index (χ4v) is 3.42. The highest BCUT2D eigenvalue weighted by molar-refractivity contribution is 6.32. The smallest absolute Gasteiger partial charge is 0.363 e. The Morgan fingerprint density at radius 1 is 1.18 bits per heavy atom. The van der Waals surface area contributed by atoms with Crippen molar-refractivity contribution in [1.82, 2.24) is 0 Å². The van der Waals surface area contributed by atoms with Crippen molar-refractivity contribution in [2.75, 3.05) is 7.11 Å². The maximum Gasteiger partial charge on any atom is 0.363 e. The molecule has 0 saturated carbocycles. The number of benzene rings is 3. The van der Waals surface area contributed by atoms with Crippen molar-refractivity contribution in [2.24, 2.45) is 4.99 Å². The van der Waals surface area contributed by atoms with Crippen LogP contribution in [-0.2, 0) is 16.1 Å². The number of carbonyl (C=O) groups is 1. The number of aliphatic imine (C=N–C) groups is 1. The Morgan fingerprint density at radius 2 is 1.91 bits per heavy atom. The van der Waals surface area contributed by atoms with E-state index in [-0.39, 0.29) is 40.4 Å². The second-order valence-electron chi connectivity index (χ2n) is 7.05. The highest BCUT2D eigenvalue weighted by atomic mass is 35.5. The number of carbonyl (C=O) groups excluding carboxylic acids is 1. The minimum absolute atomic E-state index is 0.00602. The van der Waals surface area contributed by atoms with E-state index in [4.69, 9.17) is 25.8 Å². The second kappa shape index (κ2) is 9.72. The van der Waals surface area contributed by atoms with Crippen LogP contribution in [0.15, 0.2) is 71.4 Å². The molecule has 3 aromatic rings. The standard InChI is InChI=1S/C24H16ClFN2O6/c1-32-21-12-14(10-18(25)22(21)33-13-16-4-2-3-5-19(16)26)11-20-24(29)34-23(27-20)15-6-8-17(9-7-15)28(30)31/h2-12H,13H2,1H3/b20-11-. The molecule has 0 bridgehead atoms. The Bertz CT molecular complexity index is 1340. The maximum absolute atomic E-state index is 13.9. The van der Waals surface area contributed by atoms with Crippen LogP contribution in [0.4, 0.5) is 10.1 Å². The molecular weight excluding hydrogens is 467 g/mol. The minimum Gasteiger partial charge on any atom is -0.493 e. The lowest BCUT2D eigenvalue weighted by Gasteiger charge is -2.13. The molecule has 0 fully saturated rings. The van der Waals surface area contributed by atoms with Crippen LogP contribution in [0.1, 0.15) is 16.7 Å². The summed E-state index contributed by atoms with van der Waals surface area (Å²) in [6.07, 6.45) is 1.45. The van der Waals surface area contributed by atoms with Gasteiger partial charge in [-0.1, -0.05) is 29.8 Å². The largest absolute Gasteiger partial charge is 0.493 e. The summed E-state index contributed by atoms with van der Waals surface area (Å²) in [5.74, 6) is -0.571. The molecular formula is C24H16ClFN2O6. The number of nitrogens with zero attached hydrogens (tertiary/aromatic N) is 2. The molecule has 0 amide bonds. The fourth-order valence-electron chi connectivity index (χ4n) is 3.14. The average Bonchev–Trinajstić information content (AvgIpc) is 3.19. The van der Waals surface area contributed by atoms with Crippen molar-refractivity contribution in [3.05, 3.63) is 104 Å². The quantitative estimate of drug-likeness (QED) is 0.195. The van der Waals surface area contributed by atoms with Gasteiger partial charge in [0.15, 0.2) is 17.2 Å². The number of methoxy groups -OCH3 is 1. The van der Waals surface area contributed by atoms with Gasteiger partial charge in [-0.2, -0.15) is 0 Å². The van der Waals surface area contributed by atoms with Crippen molar-refractivity contribution < 1.29 is 28.3 Å². The Balaban J connectivity index is 1.58. The van der Waals surface area contributed by atoms with E-state index in [1.165, 1.54) is 43.5 Å². The van der Waals surface area contributed by atoms with Crippen LogP contribution in [0.2, 0.25) is 5.02 Å². The number of esters is 1. The molecule has 0 spiro atoms. The normalized spacial score (nSPS) is 14.0. The highest BCUT2D eigenvalue weighted by Gasteiger charge is 2.25. The van der Waals surface area contributed by atoms with Crippen LogP contribution in [0, 0.1) is 15.9 Å². The lowest BCUT2D eigenvalue weighted by atomic mass is 10.1. The molecule has 172 valence electrons. The van der Waals surface area contributed by atoms with E-state index in [1.807, 2.05) is 0 Å². The van der Waals surface area contributed by atoms with Crippen LogP contribution >= 0.6 is 11.6 Å². The molecule has 3 aromatic carbocycles. The number of nitro benzene ring substituents is 1. The van der Waals surface area contributed by atoms with Crippen molar-refractivity contribution in [3.8, 4) is 11.5 Å². The molecule has 0 aromatic heterocycles. The van der Waals surface area contributed by atoms with Crippen LogP contribution in [0.5, 0.6) is 11.5 Å². The van der Waals surface area contributed by atoms with Crippen molar-refractivity contribution >= 4 is 35.2 Å². The fraction of sp³-hybridized carbons (Fsp3) is 0.0833. The number of rotatable bonds is 7. The summed E-state index contributed by atoms with van der Waals surface area (Å²) >= 11 is 6.37. The summed E-state index contributed by atoms with van der Waals surface area (Å²) in [4.78, 5) is 26.8. The predicted octanol–water partition coefficient (Wildman–Crippen LogP) is 5.32. The first-order valence-corrected chi connectivity index (χ1v) is 10.2. The number of hydrogen-bond acceptors (Lipinski definition) is 7. The zero-order chi connectivity index (χ0) is 24.2.